The highest BCUT2D eigenvalue weighted by Crippen LogP contribution is 2.43. The van der Waals surface area contributed by atoms with Crippen molar-refractivity contribution in [1.29, 1.82) is 0 Å². The summed E-state index contributed by atoms with van der Waals surface area (Å²) in [6, 6.07) is 7.79. The van der Waals surface area contributed by atoms with Crippen LogP contribution in [-0.2, 0) is 6.42 Å². The zero-order valence-electron chi connectivity index (χ0n) is 10.3. The zero-order valence-corrected chi connectivity index (χ0v) is 10.3. The summed E-state index contributed by atoms with van der Waals surface area (Å²) in [6.07, 6.45) is 4.04. The molecule has 1 saturated carbocycles. The Kier molecular flexibility index (Phi) is 2.51. The predicted molar refractivity (Wildman–Crippen MR) is 67.7 cm³/mol. The molecule has 1 unspecified atom stereocenters. The summed E-state index contributed by atoms with van der Waals surface area (Å²) in [4.78, 5) is 0. The number of fused-ring (bicyclic) bond motifs is 1. The third-order valence-electron chi connectivity index (χ3n) is 4.02. The van der Waals surface area contributed by atoms with Crippen molar-refractivity contribution in [2.75, 3.05) is 6.54 Å². The summed E-state index contributed by atoms with van der Waals surface area (Å²) in [6.45, 7) is 5.73. The van der Waals surface area contributed by atoms with Crippen molar-refractivity contribution in [3.8, 4) is 0 Å². The van der Waals surface area contributed by atoms with E-state index in [0.717, 1.165) is 12.5 Å². The van der Waals surface area contributed by atoms with E-state index in [1.807, 2.05) is 0 Å². The van der Waals surface area contributed by atoms with Crippen LogP contribution in [0.4, 0.5) is 0 Å². The van der Waals surface area contributed by atoms with Crippen LogP contribution in [0, 0.1) is 5.92 Å². The van der Waals surface area contributed by atoms with Crippen LogP contribution >= 0.6 is 0 Å². The smallest absolute Gasteiger partial charge is 0.0351 e. The van der Waals surface area contributed by atoms with E-state index in [2.05, 4.69) is 37.4 Å². The SMILES string of the molecule is CC(C)c1ccc2c(c1)C(C1CC1)NCC2. The molecule has 0 aromatic heterocycles. The van der Waals surface area contributed by atoms with Crippen molar-refractivity contribution in [3.63, 3.8) is 0 Å². The van der Waals surface area contributed by atoms with Crippen molar-refractivity contribution in [1.82, 2.24) is 5.32 Å². The summed E-state index contributed by atoms with van der Waals surface area (Å²) in [7, 11) is 0. The number of benzene rings is 1. The van der Waals surface area contributed by atoms with E-state index in [4.69, 9.17) is 0 Å². The van der Waals surface area contributed by atoms with Gasteiger partial charge >= 0.3 is 0 Å². The van der Waals surface area contributed by atoms with Gasteiger partial charge in [-0.05, 0) is 54.3 Å². The average molecular weight is 215 g/mol. The maximum absolute atomic E-state index is 3.70. The zero-order chi connectivity index (χ0) is 11.1. The van der Waals surface area contributed by atoms with Crippen LogP contribution in [0.15, 0.2) is 18.2 Å². The predicted octanol–water partition coefficient (Wildman–Crippen LogP) is 3.41. The van der Waals surface area contributed by atoms with E-state index in [9.17, 15) is 0 Å². The minimum atomic E-state index is 0.645. The molecule has 3 rings (SSSR count). The third kappa shape index (κ3) is 1.78. The molecule has 0 spiro atoms. The van der Waals surface area contributed by atoms with Crippen LogP contribution in [0.25, 0.3) is 0 Å². The van der Waals surface area contributed by atoms with Crippen molar-refractivity contribution >= 4 is 0 Å². The minimum Gasteiger partial charge on any atom is -0.309 e. The fourth-order valence-corrected chi connectivity index (χ4v) is 2.81. The van der Waals surface area contributed by atoms with E-state index in [-0.39, 0.29) is 0 Å². The highest BCUT2D eigenvalue weighted by Gasteiger charge is 2.34. The first kappa shape index (κ1) is 10.3. The molecule has 1 aliphatic carbocycles. The molecule has 1 aliphatic heterocycles. The molecule has 0 amide bonds. The summed E-state index contributed by atoms with van der Waals surface area (Å²) >= 11 is 0. The molecular formula is C15H21N. The molecular weight excluding hydrogens is 194 g/mol. The van der Waals surface area contributed by atoms with Gasteiger partial charge in [-0.2, -0.15) is 0 Å². The molecule has 2 aliphatic rings. The molecule has 1 N–H and O–H groups in total. The molecule has 16 heavy (non-hydrogen) atoms. The summed E-state index contributed by atoms with van der Waals surface area (Å²) in [5.74, 6) is 1.56. The Bertz CT molecular complexity index is 390. The van der Waals surface area contributed by atoms with Crippen LogP contribution in [0.5, 0.6) is 0 Å². The summed E-state index contributed by atoms with van der Waals surface area (Å²) in [5, 5.41) is 3.70. The quantitative estimate of drug-likeness (QED) is 0.797. The molecule has 86 valence electrons. The van der Waals surface area contributed by atoms with Gasteiger partial charge in [0, 0.05) is 6.04 Å². The Hall–Kier alpha value is -0.820. The minimum absolute atomic E-state index is 0.645. The lowest BCUT2D eigenvalue weighted by molar-refractivity contribution is 0.457. The lowest BCUT2D eigenvalue weighted by atomic mass is 9.88. The lowest BCUT2D eigenvalue weighted by Crippen LogP contribution is -2.31. The molecule has 1 aromatic rings. The highest BCUT2D eigenvalue weighted by molar-refractivity contribution is 5.38. The van der Waals surface area contributed by atoms with Gasteiger partial charge in [-0.25, -0.2) is 0 Å². The largest absolute Gasteiger partial charge is 0.309 e. The van der Waals surface area contributed by atoms with Crippen LogP contribution in [0.2, 0.25) is 0 Å². The molecule has 1 nitrogen and oxygen atoms in total. The number of hydrogen-bond donors (Lipinski definition) is 1. The van der Waals surface area contributed by atoms with Gasteiger partial charge in [0.2, 0.25) is 0 Å². The second kappa shape index (κ2) is 3.89. The third-order valence-corrected chi connectivity index (χ3v) is 4.02. The highest BCUT2D eigenvalue weighted by atomic mass is 14.9. The van der Waals surface area contributed by atoms with E-state index < -0.39 is 0 Å². The molecule has 1 atom stereocenters. The lowest BCUT2D eigenvalue weighted by Gasteiger charge is -2.28. The second-order valence-corrected chi connectivity index (χ2v) is 5.63. The van der Waals surface area contributed by atoms with E-state index >= 15 is 0 Å². The summed E-state index contributed by atoms with van der Waals surface area (Å²) < 4.78 is 0. The van der Waals surface area contributed by atoms with Gasteiger partial charge in [0.1, 0.15) is 0 Å². The fourth-order valence-electron chi connectivity index (χ4n) is 2.81. The number of rotatable bonds is 2. The Balaban J connectivity index is 1.99. The van der Waals surface area contributed by atoms with Crippen LogP contribution in [0.1, 0.15) is 55.3 Å². The van der Waals surface area contributed by atoms with E-state index in [1.165, 1.54) is 24.8 Å². The van der Waals surface area contributed by atoms with Gasteiger partial charge in [0.15, 0.2) is 0 Å². The van der Waals surface area contributed by atoms with Crippen molar-refractivity contribution < 1.29 is 0 Å². The number of nitrogens with one attached hydrogen (secondary N) is 1. The molecule has 0 bridgehead atoms. The Morgan fingerprint density at radius 1 is 1.25 bits per heavy atom. The molecule has 1 fully saturated rings. The molecule has 1 heterocycles. The molecule has 1 aromatic carbocycles. The maximum Gasteiger partial charge on any atom is 0.0351 e. The van der Waals surface area contributed by atoms with Gasteiger partial charge in [-0.15, -0.1) is 0 Å². The van der Waals surface area contributed by atoms with Crippen molar-refractivity contribution in [2.24, 2.45) is 5.92 Å². The van der Waals surface area contributed by atoms with Crippen LogP contribution in [-0.4, -0.2) is 6.54 Å². The Labute approximate surface area is 98.3 Å². The topological polar surface area (TPSA) is 12.0 Å². The first-order valence-electron chi connectivity index (χ1n) is 6.62. The maximum atomic E-state index is 3.70. The van der Waals surface area contributed by atoms with Crippen molar-refractivity contribution in [3.05, 3.63) is 34.9 Å². The van der Waals surface area contributed by atoms with E-state index in [0.29, 0.717) is 12.0 Å². The standard InChI is InChI=1S/C15H21N/c1-10(2)13-6-3-11-7-8-16-15(12-4-5-12)14(11)9-13/h3,6,9-10,12,15-16H,4-5,7-8H2,1-2H3. The molecule has 0 radical (unpaired) electrons. The Morgan fingerprint density at radius 3 is 2.75 bits per heavy atom. The van der Waals surface area contributed by atoms with Gasteiger partial charge in [0.25, 0.3) is 0 Å². The fraction of sp³-hybridized carbons (Fsp3) is 0.600. The summed E-state index contributed by atoms with van der Waals surface area (Å²) in [5.41, 5.74) is 4.67. The number of hydrogen-bond acceptors (Lipinski definition) is 1. The van der Waals surface area contributed by atoms with Gasteiger partial charge in [0.05, 0.1) is 0 Å². The van der Waals surface area contributed by atoms with E-state index in [1.54, 1.807) is 11.1 Å². The Morgan fingerprint density at radius 2 is 2.06 bits per heavy atom. The van der Waals surface area contributed by atoms with Crippen molar-refractivity contribution in [2.45, 2.75) is 45.1 Å². The van der Waals surface area contributed by atoms with Gasteiger partial charge in [-0.1, -0.05) is 32.0 Å². The normalized spacial score (nSPS) is 24.6. The molecule has 1 heteroatoms. The first-order chi connectivity index (χ1) is 7.75. The monoisotopic (exact) mass is 215 g/mol. The second-order valence-electron chi connectivity index (χ2n) is 5.63. The van der Waals surface area contributed by atoms with Gasteiger partial charge in [-0.3, -0.25) is 0 Å². The van der Waals surface area contributed by atoms with Crippen LogP contribution < -0.4 is 5.32 Å². The van der Waals surface area contributed by atoms with Gasteiger partial charge < -0.3 is 5.32 Å². The average Bonchev–Trinajstić information content (AvgIpc) is 3.11. The molecule has 0 saturated heterocycles. The first-order valence-corrected chi connectivity index (χ1v) is 6.62. The van der Waals surface area contributed by atoms with Crippen LogP contribution in [0.3, 0.4) is 0 Å².